The zero-order valence-corrected chi connectivity index (χ0v) is 10.9. The molecule has 1 aliphatic carbocycles. The Labute approximate surface area is 103 Å². The molecule has 0 aromatic carbocycles. The summed E-state index contributed by atoms with van der Waals surface area (Å²) < 4.78 is 0. The van der Waals surface area contributed by atoms with Crippen LogP contribution < -0.4 is 5.32 Å². The van der Waals surface area contributed by atoms with Crippen molar-refractivity contribution in [3.8, 4) is 0 Å². The first-order valence-corrected chi connectivity index (χ1v) is 6.70. The first kappa shape index (κ1) is 12.6. The summed E-state index contributed by atoms with van der Waals surface area (Å²) in [6.07, 6.45) is 3.47. The predicted molar refractivity (Wildman–Crippen MR) is 65.3 cm³/mol. The lowest BCUT2D eigenvalue weighted by Gasteiger charge is -2.21. The van der Waals surface area contributed by atoms with Crippen LogP contribution in [-0.4, -0.2) is 34.8 Å². The Morgan fingerprint density at radius 2 is 2.12 bits per heavy atom. The molecule has 2 fully saturated rings. The van der Waals surface area contributed by atoms with Gasteiger partial charge in [0.2, 0.25) is 11.8 Å². The minimum atomic E-state index is -0.266. The summed E-state index contributed by atoms with van der Waals surface area (Å²) in [4.78, 5) is 25.4. The van der Waals surface area contributed by atoms with E-state index >= 15 is 0 Å². The first-order chi connectivity index (χ1) is 8.08. The number of hydrogen-bond acceptors (Lipinski definition) is 3. The van der Waals surface area contributed by atoms with Crippen LogP contribution in [0.1, 0.15) is 46.5 Å². The molecule has 4 atom stereocenters. The second kappa shape index (κ2) is 4.77. The number of nitrogens with one attached hydrogen (secondary N) is 1. The maximum absolute atomic E-state index is 12.1. The summed E-state index contributed by atoms with van der Waals surface area (Å²) in [6, 6.07) is 0.222. The van der Waals surface area contributed by atoms with Crippen LogP contribution >= 0.6 is 0 Å². The SMILES string of the molecule is CCC1CC1NC1CC(=O)N(C(C)CC)C1=O. The maximum atomic E-state index is 12.1. The van der Waals surface area contributed by atoms with E-state index in [9.17, 15) is 9.59 Å². The van der Waals surface area contributed by atoms with Gasteiger partial charge in [-0.3, -0.25) is 14.5 Å². The third-order valence-electron chi connectivity index (χ3n) is 4.08. The van der Waals surface area contributed by atoms with Gasteiger partial charge in [-0.05, 0) is 25.7 Å². The average molecular weight is 238 g/mol. The lowest BCUT2D eigenvalue weighted by molar-refractivity contribution is -0.141. The molecule has 2 aliphatic rings. The minimum absolute atomic E-state index is 0.0180. The number of amides is 2. The highest BCUT2D eigenvalue weighted by atomic mass is 16.2. The first-order valence-electron chi connectivity index (χ1n) is 6.70. The normalized spacial score (nSPS) is 34.3. The fourth-order valence-electron chi connectivity index (χ4n) is 2.59. The summed E-state index contributed by atoms with van der Waals surface area (Å²) in [7, 11) is 0. The predicted octanol–water partition coefficient (Wildman–Crippen LogP) is 1.30. The Kier molecular flexibility index (Phi) is 3.52. The van der Waals surface area contributed by atoms with Gasteiger partial charge in [-0.25, -0.2) is 0 Å². The number of nitrogens with zero attached hydrogens (tertiary/aromatic N) is 1. The third-order valence-corrected chi connectivity index (χ3v) is 4.08. The van der Waals surface area contributed by atoms with Gasteiger partial charge in [0.1, 0.15) is 0 Å². The van der Waals surface area contributed by atoms with Crippen molar-refractivity contribution in [3.05, 3.63) is 0 Å². The van der Waals surface area contributed by atoms with Gasteiger partial charge in [0.05, 0.1) is 12.5 Å². The van der Waals surface area contributed by atoms with Gasteiger partial charge in [-0.15, -0.1) is 0 Å². The lowest BCUT2D eigenvalue weighted by atomic mass is 10.2. The van der Waals surface area contributed by atoms with E-state index < -0.39 is 0 Å². The molecule has 2 rings (SSSR count). The van der Waals surface area contributed by atoms with Crippen molar-refractivity contribution < 1.29 is 9.59 Å². The molecule has 4 unspecified atom stereocenters. The molecule has 1 saturated heterocycles. The molecule has 0 spiro atoms. The quantitative estimate of drug-likeness (QED) is 0.734. The molecule has 1 aliphatic heterocycles. The molecule has 0 aromatic rings. The van der Waals surface area contributed by atoms with Gasteiger partial charge in [0.15, 0.2) is 0 Å². The maximum Gasteiger partial charge on any atom is 0.247 e. The van der Waals surface area contributed by atoms with Crippen molar-refractivity contribution in [2.75, 3.05) is 0 Å². The van der Waals surface area contributed by atoms with E-state index in [-0.39, 0.29) is 23.9 Å². The molecule has 2 amide bonds. The van der Waals surface area contributed by atoms with Gasteiger partial charge in [0, 0.05) is 12.1 Å². The molecule has 96 valence electrons. The van der Waals surface area contributed by atoms with Crippen LogP contribution in [-0.2, 0) is 9.59 Å². The second-order valence-corrected chi connectivity index (χ2v) is 5.29. The highest BCUT2D eigenvalue weighted by molar-refractivity contribution is 6.05. The molecule has 0 bridgehead atoms. The van der Waals surface area contributed by atoms with E-state index in [1.807, 2.05) is 13.8 Å². The summed E-state index contributed by atoms with van der Waals surface area (Å²) in [5.74, 6) is 0.664. The Bertz CT molecular complexity index is 329. The van der Waals surface area contributed by atoms with E-state index in [4.69, 9.17) is 0 Å². The van der Waals surface area contributed by atoms with Crippen molar-refractivity contribution in [3.63, 3.8) is 0 Å². The Morgan fingerprint density at radius 1 is 1.41 bits per heavy atom. The van der Waals surface area contributed by atoms with Crippen LogP contribution in [0.5, 0.6) is 0 Å². The van der Waals surface area contributed by atoms with Crippen LogP contribution in [0.25, 0.3) is 0 Å². The molecule has 17 heavy (non-hydrogen) atoms. The summed E-state index contributed by atoms with van der Waals surface area (Å²) in [6.45, 7) is 6.10. The van der Waals surface area contributed by atoms with E-state index in [2.05, 4.69) is 12.2 Å². The highest BCUT2D eigenvalue weighted by Gasteiger charge is 2.45. The number of hydrogen-bond donors (Lipinski definition) is 1. The summed E-state index contributed by atoms with van der Waals surface area (Å²) in [5.41, 5.74) is 0. The van der Waals surface area contributed by atoms with Crippen LogP contribution in [0.15, 0.2) is 0 Å². The fourth-order valence-corrected chi connectivity index (χ4v) is 2.59. The zero-order valence-electron chi connectivity index (χ0n) is 10.9. The fraction of sp³-hybridized carbons (Fsp3) is 0.846. The third kappa shape index (κ3) is 2.37. The zero-order chi connectivity index (χ0) is 12.6. The van der Waals surface area contributed by atoms with Crippen molar-refractivity contribution in [2.45, 2.75) is 64.6 Å². The summed E-state index contributed by atoms with van der Waals surface area (Å²) >= 11 is 0. The number of carbonyl (C=O) groups is 2. The van der Waals surface area contributed by atoms with E-state index in [0.717, 1.165) is 19.3 Å². The van der Waals surface area contributed by atoms with E-state index in [1.165, 1.54) is 4.90 Å². The number of imide groups is 1. The van der Waals surface area contributed by atoms with Crippen LogP contribution in [0.4, 0.5) is 0 Å². The van der Waals surface area contributed by atoms with Gasteiger partial charge in [-0.2, -0.15) is 0 Å². The molecule has 4 nitrogen and oxygen atoms in total. The van der Waals surface area contributed by atoms with Crippen molar-refractivity contribution in [2.24, 2.45) is 5.92 Å². The molecule has 1 N–H and O–H groups in total. The standard InChI is InChI=1S/C13H22N2O2/c1-4-8(3)15-12(16)7-11(13(15)17)14-10-6-9(10)5-2/h8-11,14H,4-7H2,1-3H3. The molecular weight excluding hydrogens is 216 g/mol. The molecular formula is C13H22N2O2. The molecule has 4 heteroatoms. The second-order valence-electron chi connectivity index (χ2n) is 5.29. The largest absolute Gasteiger partial charge is 0.302 e. The molecule has 1 saturated carbocycles. The summed E-state index contributed by atoms with van der Waals surface area (Å²) in [5, 5.41) is 3.33. The van der Waals surface area contributed by atoms with Crippen LogP contribution in [0.3, 0.4) is 0 Å². The van der Waals surface area contributed by atoms with Crippen molar-refractivity contribution >= 4 is 11.8 Å². The monoisotopic (exact) mass is 238 g/mol. The van der Waals surface area contributed by atoms with E-state index in [1.54, 1.807) is 0 Å². The number of likely N-dealkylation sites (tertiary alicyclic amines) is 1. The van der Waals surface area contributed by atoms with E-state index in [0.29, 0.717) is 18.4 Å². The minimum Gasteiger partial charge on any atom is -0.302 e. The Balaban J connectivity index is 1.94. The van der Waals surface area contributed by atoms with Gasteiger partial charge < -0.3 is 5.32 Å². The average Bonchev–Trinajstić information content (AvgIpc) is 3.00. The molecule has 0 radical (unpaired) electrons. The topological polar surface area (TPSA) is 49.4 Å². The van der Waals surface area contributed by atoms with Gasteiger partial charge >= 0.3 is 0 Å². The number of carbonyl (C=O) groups excluding carboxylic acids is 2. The lowest BCUT2D eigenvalue weighted by Crippen LogP contribution is -2.43. The van der Waals surface area contributed by atoms with Crippen LogP contribution in [0, 0.1) is 5.92 Å². The van der Waals surface area contributed by atoms with Crippen molar-refractivity contribution in [1.82, 2.24) is 10.2 Å². The van der Waals surface area contributed by atoms with Crippen LogP contribution in [0.2, 0.25) is 0 Å². The molecule has 1 heterocycles. The van der Waals surface area contributed by atoms with Gasteiger partial charge in [0.25, 0.3) is 0 Å². The van der Waals surface area contributed by atoms with Crippen molar-refractivity contribution in [1.29, 1.82) is 0 Å². The smallest absolute Gasteiger partial charge is 0.247 e. The number of rotatable bonds is 5. The Hall–Kier alpha value is -0.900. The molecule has 0 aromatic heterocycles. The van der Waals surface area contributed by atoms with Gasteiger partial charge in [-0.1, -0.05) is 20.3 Å². The Morgan fingerprint density at radius 3 is 2.65 bits per heavy atom. The highest BCUT2D eigenvalue weighted by Crippen LogP contribution is 2.34.